The molecule has 0 aliphatic heterocycles. The molecule has 98 valence electrons. The number of rotatable bonds is 5. The van der Waals surface area contributed by atoms with Crippen LogP contribution in [0.4, 0.5) is 5.82 Å². The van der Waals surface area contributed by atoms with Gasteiger partial charge in [0.25, 0.3) is 0 Å². The third-order valence-electron chi connectivity index (χ3n) is 2.17. The maximum Gasteiger partial charge on any atom is 0.237 e. The number of nitrogens with two attached hydrogens (primary N) is 2. The van der Waals surface area contributed by atoms with E-state index in [0.29, 0.717) is 17.2 Å². The van der Waals surface area contributed by atoms with Crippen molar-refractivity contribution in [3.8, 4) is 0 Å². The molecule has 2 amide bonds. The number of halogens is 1. The van der Waals surface area contributed by atoms with E-state index in [4.69, 9.17) is 23.1 Å². The summed E-state index contributed by atoms with van der Waals surface area (Å²) in [4.78, 5) is 31.5. The van der Waals surface area contributed by atoms with Crippen LogP contribution in [0.3, 0.4) is 0 Å². The molecule has 0 unspecified atom stereocenters. The first-order chi connectivity index (χ1) is 8.31. The van der Waals surface area contributed by atoms with Gasteiger partial charge in [-0.1, -0.05) is 11.6 Å². The van der Waals surface area contributed by atoms with Crippen molar-refractivity contribution in [3.05, 3.63) is 16.5 Å². The molecule has 0 aliphatic rings. The normalized spacial score (nSPS) is 10.2. The van der Waals surface area contributed by atoms with E-state index in [0.717, 1.165) is 0 Å². The summed E-state index contributed by atoms with van der Waals surface area (Å²) in [6.45, 7) is 3.00. The molecule has 0 aromatic carbocycles. The summed E-state index contributed by atoms with van der Waals surface area (Å²) >= 11 is 5.93. The highest BCUT2D eigenvalue weighted by Crippen LogP contribution is 2.22. The van der Waals surface area contributed by atoms with Crippen LogP contribution in [0.25, 0.3) is 0 Å². The summed E-state index contributed by atoms with van der Waals surface area (Å²) in [7, 11) is 0. The van der Waals surface area contributed by atoms with E-state index in [9.17, 15) is 9.59 Å². The average molecular weight is 272 g/mol. The summed E-state index contributed by atoms with van der Waals surface area (Å²) in [5.74, 6) is -0.379. The molecule has 0 saturated heterocycles. The molecular formula is C10H14ClN5O2. The Morgan fingerprint density at radius 1 is 1.17 bits per heavy atom. The Bertz CT molecular complexity index is 475. The van der Waals surface area contributed by atoms with Crippen LogP contribution in [0.2, 0.25) is 5.15 Å². The zero-order valence-corrected chi connectivity index (χ0v) is 10.9. The molecule has 8 heteroatoms. The van der Waals surface area contributed by atoms with Gasteiger partial charge >= 0.3 is 0 Å². The molecule has 0 spiro atoms. The van der Waals surface area contributed by atoms with Gasteiger partial charge in [-0.3, -0.25) is 9.59 Å². The number of aromatic nitrogens is 2. The zero-order valence-electron chi connectivity index (χ0n) is 10.1. The van der Waals surface area contributed by atoms with Crippen molar-refractivity contribution in [1.82, 2.24) is 9.97 Å². The second kappa shape index (κ2) is 5.63. The van der Waals surface area contributed by atoms with Crippen molar-refractivity contribution in [2.75, 3.05) is 18.0 Å². The van der Waals surface area contributed by atoms with Crippen molar-refractivity contribution >= 4 is 29.2 Å². The first-order valence-electron chi connectivity index (χ1n) is 5.13. The molecule has 4 N–H and O–H groups in total. The Morgan fingerprint density at radius 2 is 1.67 bits per heavy atom. The van der Waals surface area contributed by atoms with Crippen molar-refractivity contribution < 1.29 is 9.59 Å². The van der Waals surface area contributed by atoms with Gasteiger partial charge in [-0.2, -0.15) is 0 Å². The molecule has 0 atom stereocenters. The van der Waals surface area contributed by atoms with Gasteiger partial charge in [-0.25, -0.2) is 9.97 Å². The van der Waals surface area contributed by atoms with Crippen molar-refractivity contribution in [3.63, 3.8) is 0 Å². The third kappa shape index (κ3) is 3.56. The molecule has 1 rings (SSSR count). The lowest BCUT2D eigenvalue weighted by Crippen LogP contribution is -2.40. The predicted molar refractivity (Wildman–Crippen MR) is 67.1 cm³/mol. The molecule has 18 heavy (non-hydrogen) atoms. The van der Waals surface area contributed by atoms with Crippen LogP contribution < -0.4 is 16.4 Å². The number of primary amides is 2. The number of carbonyl (C=O) groups excluding carboxylic acids is 2. The molecule has 1 aromatic rings. The lowest BCUT2D eigenvalue weighted by Gasteiger charge is -2.22. The largest absolute Gasteiger partial charge is 0.368 e. The molecule has 1 heterocycles. The summed E-state index contributed by atoms with van der Waals surface area (Å²) in [5.41, 5.74) is 10.8. The van der Waals surface area contributed by atoms with Gasteiger partial charge in [0.15, 0.2) is 0 Å². The Hall–Kier alpha value is -1.89. The van der Waals surface area contributed by atoms with Crippen molar-refractivity contribution in [2.24, 2.45) is 11.5 Å². The fourth-order valence-electron chi connectivity index (χ4n) is 1.47. The highest BCUT2D eigenvalue weighted by Gasteiger charge is 2.18. The second-order valence-corrected chi connectivity index (χ2v) is 4.16. The topological polar surface area (TPSA) is 115 Å². The molecule has 0 saturated carbocycles. The standard InChI is InChI=1S/C10H14ClN5O2/c1-5-9(11)14-6(2)15-10(5)16(3-7(12)17)4-8(13)18/h3-4H2,1-2H3,(H2,12,17)(H2,13,18). The minimum Gasteiger partial charge on any atom is -0.368 e. The van der Waals surface area contributed by atoms with Gasteiger partial charge in [0.2, 0.25) is 11.8 Å². The van der Waals surface area contributed by atoms with Gasteiger partial charge in [0.05, 0.1) is 13.1 Å². The number of hydrogen-bond donors (Lipinski definition) is 2. The number of aryl methyl sites for hydroxylation is 1. The minimum atomic E-state index is -0.594. The number of carbonyl (C=O) groups is 2. The highest BCUT2D eigenvalue weighted by molar-refractivity contribution is 6.30. The Kier molecular flexibility index (Phi) is 4.43. The average Bonchev–Trinajstić information content (AvgIpc) is 2.21. The number of amides is 2. The molecular weight excluding hydrogens is 258 g/mol. The number of nitrogens with zero attached hydrogens (tertiary/aromatic N) is 3. The maximum atomic E-state index is 11.0. The number of anilines is 1. The van der Waals surface area contributed by atoms with E-state index in [1.807, 2.05) is 0 Å². The quantitative estimate of drug-likeness (QED) is 0.702. The molecule has 0 bridgehead atoms. The van der Waals surface area contributed by atoms with E-state index in [2.05, 4.69) is 9.97 Å². The van der Waals surface area contributed by atoms with Crippen LogP contribution in [-0.4, -0.2) is 34.9 Å². The lowest BCUT2D eigenvalue weighted by atomic mass is 10.3. The van der Waals surface area contributed by atoms with Gasteiger partial charge < -0.3 is 16.4 Å². The van der Waals surface area contributed by atoms with E-state index in [1.54, 1.807) is 13.8 Å². The van der Waals surface area contributed by atoms with Crippen LogP contribution >= 0.6 is 11.6 Å². The zero-order chi connectivity index (χ0) is 13.9. The first-order valence-corrected chi connectivity index (χ1v) is 5.51. The van der Waals surface area contributed by atoms with Gasteiger partial charge in [0.1, 0.15) is 16.8 Å². The Morgan fingerprint density at radius 3 is 2.11 bits per heavy atom. The molecule has 0 aliphatic carbocycles. The van der Waals surface area contributed by atoms with Crippen LogP contribution in [0.5, 0.6) is 0 Å². The predicted octanol–water partition coefficient (Wildman–Crippen LogP) is -0.476. The monoisotopic (exact) mass is 271 g/mol. The molecule has 1 aromatic heterocycles. The van der Waals surface area contributed by atoms with Crippen LogP contribution in [0, 0.1) is 13.8 Å². The van der Waals surface area contributed by atoms with Gasteiger partial charge in [-0.15, -0.1) is 0 Å². The summed E-state index contributed by atoms with van der Waals surface area (Å²) in [6.07, 6.45) is 0. The summed E-state index contributed by atoms with van der Waals surface area (Å²) < 4.78 is 0. The van der Waals surface area contributed by atoms with Crippen LogP contribution in [-0.2, 0) is 9.59 Å². The SMILES string of the molecule is Cc1nc(Cl)c(C)c(N(CC(N)=O)CC(N)=O)n1. The number of hydrogen-bond acceptors (Lipinski definition) is 5. The van der Waals surface area contributed by atoms with E-state index >= 15 is 0 Å². The third-order valence-corrected chi connectivity index (χ3v) is 2.53. The minimum absolute atomic E-state index is 0.170. The Labute approximate surface area is 109 Å². The molecule has 7 nitrogen and oxygen atoms in total. The fourth-order valence-corrected chi connectivity index (χ4v) is 1.68. The van der Waals surface area contributed by atoms with E-state index in [1.165, 1.54) is 4.90 Å². The van der Waals surface area contributed by atoms with Gasteiger partial charge in [-0.05, 0) is 13.8 Å². The molecule has 0 radical (unpaired) electrons. The lowest BCUT2D eigenvalue weighted by molar-refractivity contribution is -0.117. The maximum absolute atomic E-state index is 11.0. The molecule has 0 fully saturated rings. The van der Waals surface area contributed by atoms with Crippen molar-refractivity contribution in [1.29, 1.82) is 0 Å². The smallest absolute Gasteiger partial charge is 0.237 e. The van der Waals surface area contributed by atoms with E-state index < -0.39 is 11.8 Å². The van der Waals surface area contributed by atoms with Crippen LogP contribution in [0.15, 0.2) is 0 Å². The Balaban J connectivity index is 3.19. The highest BCUT2D eigenvalue weighted by atomic mass is 35.5. The van der Waals surface area contributed by atoms with Crippen LogP contribution in [0.1, 0.15) is 11.4 Å². The fraction of sp³-hybridized carbons (Fsp3) is 0.400. The summed E-state index contributed by atoms with van der Waals surface area (Å²) in [5, 5.41) is 0.261. The summed E-state index contributed by atoms with van der Waals surface area (Å²) in [6, 6.07) is 0. The second-order valence-electron chi connectivity index (χ2n) is 3.80. The van der Waals surface area contributed by atoms with E-state index in [-0.39, 0.29) is 18.2 Å². The first kappa shape index (κ1) is 14.2. The van der Waals surface area contributed by atoms with Crippen molar-refractivity contribution in [2.45, 2.75) is 13.8 Å². The van der Waals surface area contributed by atoms with Gasteiger partial charge in [0, 0.05) is 5.56 Å².